The van der Waals surface area contributed by atoms with Crippen molar-refractivity contribution in [3.63, 3.8) is 0 Å². The normalized spacial score (nSPS) is 14.4. The Morgan fingerprint density at radius 3 is 2.32 bits per heavy atom. The van der Waals surface area contributed by atoms with Crippen LogP contribution in [-0.2, 0) is 6.18 Å². The van der Waals surface area contributed by atoms with Crippen molar-refractivity contribution in [3.05, 3.63) is 84.4 Å². The molecule has 1 aliphatic heterocycles. The number of amides is 1. The average molecular weight is 467 g/mol. The predicted molar refractivity (Wildman–Crippen MR) is 119 cm³/mol. The molecule has 7 nitrogen and oxygen atoms in total. The molecule has 1 fully saturated rings. The van der Waals surface area contributed by atoms with E-state index in [4.69, 9.17) is 4.42 Å². The number of piperazine rings is 1. The molecule has 0 atom stereocenters. The summed E-state index contributed by atoms with van der Waals surface area (Å²) in [6.45, 7) is 1.71. The lowest BCUT2D eigenvalue weighted by atomic mass is 10.2. The van der Waals surface area contributed by atoms with Crippen LogP contribution in [0.3, 0.4) is 0 Å². The highest BCUT2D eigenvalue weighted by molar-refractivity contribution is 5.94. The van der Waals surface area contributed by atoms with Crippen molar-refractivity contribution in [2.75, 3.05) is 31.1 Å². The van der Waals surface area contributed by atoms with Crippen molar-refractivity contribution >= 4 is 11.7 Å². The summed E-state index contributed by atoms with van der Waals surface area (Å²) in [6.07, 6.45) is -2.04. The third-order valence-corrected chi connectivity index (χ3v) is 5.67. The van der Waals surface area contributed by atoms with Crippen molar-refractivity contribution in [1.82, 2.24) is 19.7 Å². The van der Waals surface area contributed by atoms with Gasteiger partial charge in [-0.3, -0.25) is 4.79 Å². The van der Waals surface area contributed by atoms with Crippen LogP contribution in [0.2, 0.25) is 0 Å². The number of furan rings is 1. The van der Waals surface area contributed by atoms with Gasteiger partial charge in [0.1, 0.15) is 17.2 Å². The number of nitrogens with zero attached hydrogens (tertiary/aromatic N) is 5. The van der Waals surface area contributed by atoms with E-state index in [9.17, 15) is 18.0 Å². The highest BCUT2D eigenvalue weighted by Gasteiger charge is 2.31. The van der Waals surface area contributed by atoms with Crippen LogP contribution in [0.15, 0.2) is 77.5 Å². The lowest BCUT2D eigenvalue weighted by molar-refractivity contribution is -0.137. The zero-order chi connectivity index (χ0) is 23.7. The number of benzene rings is 1. The molecule has 0 unspecified atom stereocenters. The third-order valence-electron chi connectivity index (χ3n) is 5.67. The average Bonchev–Trinajstić information content (AvgIpc) is 3.54. The number of carbonyl (C=O) groups excluding carboxylic acids is 1. The molecule has 0 saturated carbocycles. The lowest BCUT2D eigenvalue weighted by Crippen LogP contribution is -2.49. The zero-order valence-electron chi connectivity index (χ0n) is 17.9. The summed E-state index contributed by atoms with van der Waals surface area (Å²) in [5.41, 5.74) is 0.909. The van der Waals surface area contributed by atoms with Gasteiger partial charge in [0.25, 0.3) is 5.91 Å². The van der Waals surface area contributed by atoms with Crippen LogP contribution < -0.4 is 4.90 Å². The van der Waals surface area contributed by atoms with Crippen molar-refractivity contribution in [2.45, 2.75) is 6.18 Å². The van der Waals surface area contributed by atoms with E-state index in [0.717, 1.165) is 18.0 Å². The summed E-state index contributed by atoms with van der Waals surface area (Å²) in [7, 11) is 0. The number of anilines is 1. The van der Waals surface area contributed by atoms with Gasteiger partial charge < -0.3 is 14.2 Å². The minimum atomic E-state index is -4.42. The van der Waals surface area contributed by atoms with Gasteiger partial charge >= 0.3 is 6.18 Å². The van der Waals surface area contributed by atoms with Crippen molar-refractivity contribution in [3.8, 4) is 17.1 Å². The Bertz CT molecular complexity index is 1260. The first-order chi connectivity index (χ1) is 16.4. The van der Waals surface area contributed by atoms with E-state index in [1.165, 1.54) is 6.07 Å². The summed E-state index contributed by atoms with van der Waals surface area (Å²) < 4.78 is 45.5. The number of aromatic nitrogens is 3. The minimum Gasteiger partial charge on any atom is -0.463 e. The SMILES string of the molecule is O=C(c1cc(-c2ccco2)nn1-c1ccccc1)N1CCN(c2ccc(C(F)(F)F)cn2)CC1. The standard InChI is InChI=1S/C24H20F3N5O2/c25-24(26,27)17-8-9-22(28-16-17)30-10-12-31(13-11-30)23(33)20-15-19(21-7-4-14-34-21)29-32(20)18-5-2-1-3-6-18/h1-9,14-16H,10-13H2. The number of pyridine rings is 1. The van der Waals surface area contributed by atoms with E-state index in [0.29, 0.717) is 49.1 Å². The molecule has 4 heterocycles. The number of alkyl halides is 3. The second-order valence-corrected chi connectivity index (χ2v) is 7.82. The van der Waals surface area contributed by atoms with E-state index in [-0.39, 0.29) is 5.91 Å². The number of hydrogen-bond donors (Lipinski definition) is 0. The number of rotatable bonds is 4. The van der Waals surface area contributed by atoms with E-state index in [2.05, 4.69) is 10.1 Å². The first-order valence-electron chi connectivity index (χ1n) is 10.7. The van der Waals surface area contributed by atoms with Crippen LogP contribution in [0.4, 0.5) is 19.0 Å². The van der Waals surface area contributed by atoms with Gasteiger partial charge in [-0.25, -0.2) is 9.67 Å². The molecule has 0 radical (unpaired) electrons. The summed E-state index contributed by atoms with van der Waals surface area (Å²) in [5.74, 6) is 0.825. The molecule has 5 rings (SSSR count). The third kappa shape index (κ3) is 4.26. The number of hydrogen-bond acceptors (Lipinski definition) is 5. The van der Waals surface area contributed by atoms with Gasteiger partial charge in [-0.15, -0.1) is 0 Å². The molecule has 34 heavy (non-hydrogen) atoms. The number of halogens is 3. The Morgan fingerprint density at radius 1 is 0.941 bits per heavy atom. The molecule has 0 N–H and O–H groups in total. The largest absolute Gasteiger partial charge is 0.463 e. The van der Waals surface area contributed by atoms with E-state index in [1.807, 2.05) is 35.2 Å². The van der Waals surface area contributed by atoms with Crippen LogP contribution in [0.5, 0.6) is 0 Å². The smallest absolute Gasteiger partial charge is 0.417 e. The highest BCUT2D eigenvalue weighted by atomic mass is 19.4. The fourth-order valence-corrected chi connectivity index (χ4v) is 3.89. The molecule has 4 aromatic rings. The maximum Gasteiger partial charge on any atom is 0.417 e. The topological polar surface area (TPSA) is 67.4 Å². The van der Waals surface area contributed by atoms with Gasteiger partial charge in [-0.1, -0.05) is 18.2 Å². The predicted octanol–water partition coefficient (Wildman–Crippen LogP) is 4.51. The molecule has 1 aliphatic rings. The summed E-state index contributed by atoms with van der Waals surface area (Å²) in [6, 6.07) is 17.0. The van der Waals surface area contributed by atoms with Crippen LogP contribution >= 0.6 is 0 Å². The fourth-order valence-electron chi connectivity index (χ4n) is 3.89. The van der Waals surface area contributed by atoms with Crippen LogP contribution in [0.1, 0.15) is 16.1 Å². The van der Waals surface area contributed by atoms with Gasteiger partial charge in [-0.2, -0.15) is 18.3 Å². The molecule has 3 aromatic heterocycles. The minimum absolute atomic E-state index is 0.186. The first kappa shape index (κ1) is 21.7. The molecule has 0 aliphatic carbocycles. The highest BCUT2D eigenvalue weighted by Crippen LogP contribution is 2.30. The first-order valence-corrected chi connectivity index (χ1v) is 10.7. The Kier molecular flexibility index (Phi) is 5.56. The Morgan fingerprint density at radius 2 is 1.71 bits per heavy atom. The van der Waals surface area contributed by atoms with Crippen LogP contribution in [0, 0.1) is 0 Å². The number of carbonyl (C=O) groups is 1. The van der Waals surface area contributed by atoms with Gasteiger partial charge in [0.15, 0.2) is 5.76 Å². The summed E-state index contributed by atoms with van der Waals surface area (Å²) >= 11 is 0. The Balaban J connectivity index is 1.34. The second kappa shape index (κ2) is 8.69. The summed E-state index contributed by atoms with van der Waals surface area (Å²) in [4.78, 5) is 21.0. The number of para-hydroxylation sites is 1. The molecule has 0 bridgehead atoms. The quantitative estimate of drug-likeness (QED) is 0.442. The molecule has 1 aromatic carbocycles. The van der Waals surface area contributed by atoms with Crippen molar-refractivity contribution in [1.29, 1.82) is 0 Å². The van der Waals surface area contributed by atoms with E-state index >= 15 is 0 Å². The molecule has 1 amide bonds. The van der Waals surface area contributed by atoms with Crippen LogP contribution in [-0.4, -0.2) is 51.8 Å². The van der Waals surface area contributed by atoms with Gasteiger partial charge in [-0.05, 0) is 36.4 Å². The Hall–Kier alpha value is -4.08. The van der Waals surface area contributed by atoms with E-state index < -0.39 is 11.7 Å². The van der Waals surface area contributed by atoms with Crippen molar-refractivity contribution < 1.29 is 22.4 Å². The maximum atomic E-state index is 13.5. The molecule has 10 heteroatoms. The van der Waals surface area contributed by atoms with Gasteiger partial charge in [0, 0.05) is 38.4 Å². The zero-order valence-corrected chi connectivity index (χ0v) is 17.9. The fraction of sp³-hybridized carbons (Fsp3) is 0.208. The van der Waals surface area contributed by atoms with E-state index in [1.54, 1.807) is 34.0 Å². The monoisotopic (exact) mass is 467 g/mol. The molecule has 1 saturated heterocycles. The van der Waals surface area contributed by atoms with Gasteiger partial charge in [0.2, 0.25) is 0 Å². The Labute approximate surface area is 193 Å². The maximum absolute atomic E-state index is 13.5. The molecular formula is C24H20F3N5O2. The summed E-state index contributed by atoms with van der Waals surface area (Å²) in [5, 5.41) is 4.59. The lowest BCUT2D eigenvalue weighted by Gasteiger charge is -2.35. The molecular weight excluding hydrogens is 447 g/mol. The van der Waals surface area contributed by atoms with Crippen LogP contribution in [0.25, 0.3) is 17.1 Å². The van der Waals surface area contributed by atoms with Gasteiger partial charge in [0.05, 0.1) is 17.5 Å². The molecule has 174 valence electrons. The second-order valence-electron chi connectivity index (χ2n) is 7.82. The van der Waals surface area contributed by atoms with Crippen molar-refractivity contribution in [2.24, 2.45) is 0 Å². The molecule has 0 spiro atoms.